The summed E-state index contributed by atoms with van der Waals surface area (Å²) in [5, 5.41) is 11.7. The van der Waals surface area contributed by atoms with E-state index in [4.69, 9.17) is 4.74 Å². The molecule has 0 aliphatic carbocycles. The Hall–Kier alpha value is -2.90. The lowest BCUT2D eigenvalue weighted by Crippen LogP contribution is -2.33. The Morgan fingerprint density at radius 3 is 2.42 bits per heavy atom. The van der Waals surface area contributed by atoms with E-state index in [0.717, 1.165) is 0 Å². The molecule has 0 atom stereocenters. The first-order valence-corrected chi connectivity index (χ1v) is 9.77. The fraction of sp³-hybridized carbons (Fsp3) is 0.471. The van der Waals surface area contributed by atoms with Crippen LogP contribution in [0.2, 0.25) is 0 Å². The molecular formula is C17H19BrF3N7O3. The van der Waals surface area contributed by atoms with Crippen LogP contribution in [-0.4, -0.2) is 49.7 Å². The molecule has 3 heterocycles. The van der Waals surface area contributed by atoms with Crippen LogP contribution < -0.4 is 10.6 Å². The van der Waals surface area contributed by atoms with Crippen LogP contribution in [0.1, 0.15) is 48.2 Å². The van der Waals surface area contributed by atoms with Crippen LogP contribution in [-0.2, 0) is 24.0 Å². The predicted octanol–water partition coefficient (Wildman–Crippen LogP) is 3.53. The van der Waals surface area contributed by atoms with Gasteiger partial charge in [0.15, 0.2) is 23.0 Å². The topological polar surface area (TPSA) is 125 Å². The molecule has 168 valence electrons. The Morgan fingerprint density at radius 2 is 1.84 bits per heavy atom. The van der Waals surface area contributed by atoms with Crippen LogP contribution in [0.25, 0.3) is 0 Å². The van der Waals surface area contributed by atoms with Crippen LogP contribution >= 0.6 is 15.9 Å². The van der Waals surface area contributed by atoms with Crippen molar-refractivity contribution in [2.45, 2.75) is 45.6 Å². The molecular weight excluding hydrogens is 487 g/mol. The number of aromatic amines is 1. The van der Waals surface area contributed by atoms with Crippen LogP contribution in [0.5, 0.6) is 0 Å². The largest absolute Gasteiger partial charge is 0.444 e. The van der Waals surface area contributed by atoms with Gasteiger partial charge in [-0.2, -0.15) is 18.3 Å². The molecule has 0 spiro atoms. The van der Waals surface area contributed by atoms with Gasteiger partial charge in [0.25, 0.3) is 5.91 Å². The van der Waals surface area contributed by atoms with E-state index in [9.17, 15) is 22.8 Å². The third-order valence-electron chi connectivity index (χ3n) is 4.11. The Morgan fingerprint density at radius 1 is 1.16 bits per heavy atom. The zero-order chi connectivity index (χ0) is 23.1. The SMILES string of the molecule is CNc1nc(C(F)(F)F)c(Br)nc1C(=O)Nc1n[nH]c2c1CN(C(=O)OC(C)(C)C)C2. The zero-order valence-corrected chi connectivity index (χ0v) is 18.5. The number of amides is 2. The molecule has 2 amide bonds. The quantitative estimate of drug-likeness (QED) is 0.582. The number of nitrogens with zero attached hydrogens (tertiary/aromatic N) is 4. The average Bonchev–Trinajstić information content (AvgIpc) is 3.21. The van der Waals surface area contributed by atoms with E-state index in [-0.39, 0.29) is 30.4 Å². The summed E-state index contributed by atoms with van der Waals surface area (Å²) in [6.45, 7) is 5.58. The highest BCUT2D eigenvalue weighted by molar-refractivity contribution is 9.10. The molecule has 0 unspecified atom stereocenters. The Kier molecular flexibility index (Phi) is 5.86. The molecule has 0 saturated heterocycles. The van der Waals surface area contributed by atoms with Gasteiger partial charge >= 0.3 is 12.3 Å². The predicted molar refractivity (Wildman–Crippen MR) is 106 cm³/mol. The highest BCUT2D eigenvalue weighted by Gasteiger charge is 2.38. The summed E-state index contributed by atoms with van der Waals surface area (Å²) in [5.41, 5.74) is -1.12. The first kappa shape index (κ1) is 22.8. The van der Waals surface area contributed by atoms with Crippen LogP contribution in [0.3, 0.4) is 0 Å². The van der Waals surface area contributed by atoms with Crippen molar-refractivity contribution in [2.75, 3.05) is 17.7 Å². The molecule has 0 fully saturated rings. The average molecular weight is 506 g/mol. The molecule has 3 N–H and O–H groups in total. The van der Waals surface area contributed by atoms with Gasteiger partial charge in [-0.05, 0) is 36.7 Å². The molecule has 0 saturated carbocycles. The molecule has 0 aromatic carbocycles. The van der Waals surface area contributed by atoms with Gasteiger partial charge in [-0.25, -0.2) is 14.8 Å². The lowest BCUT2D eigenvalue weighted by Gasteiger charge is -2.24. The van der Waals surface area contributed by atoms with Crippen molar-refractivity contribution in [3.63, 3.8) is 0 Å². The van der Waals surface area contributed by atoms with E-state index in [0.29, 0.717) is 11.3 Å². The number of anilines is 2. The summed E-state index contributed by atoms with van der Waals surface area (Å²) in [5.74, 6) is -1.04. The van der Waals surface area contributed by atoms with Crippen molar-refractivity contribution in [3.05, 3.63) is 27.2 Å². The van der Waals surface area contributed by atoms with Crippen LogP contribution in [0.4, 0.5) is 29.6 Å². The maximum absolute atomic E-state index is 13.0. The van der Waals surface area contributed by atoms with Gasteiger partial charge in [0.1, 0.15) is 10.2 Å². The van der Waals surface area contributed by atoms with Gasteiger partial charge in [-0.3, -0.25) is 14.8 Å². The molecule has 14 heteroatoms. The summed E-state index contributed by atoms with van der Waals surface area (Å²) in [6, 6.07) is 0. The molecule has 0 bridgehead atoms. The maximum atomic E-state index is 13.0. The number of alkyl halides is 3. The number of hydrogen-bond donors (Lipinski definition) is 3. The molecule has 10 nitrogen and oxygen atoms in total. The fourth-order valence-electron chi connectivity index (χ4n) is 2.79. The van der Waals surface area contributed by atoms with Crippen LogP contribution in [0.15, 0.2) is 4.60 Å². The standard InChI is InChI=1S/C17H19BrF3N7O3/c1-16(2,3)31-15(30)28-5-7-8(6-28)26-27-12(7)25-14(29)9-13(22-4)24-10(11(18)23-9)17(19,20)21/h5-6H2,1-4H3,(H,22,24)(H2,25,26,27,29). The van der Waals surface area contributed by atoms with Gasteiger partial charge in [-0.1, -0.05) is 0 Å². The number of ether oxygens (including phenoxy) is 1. The minimum Gasteiger partial charge on any atom is -0.444 e. The molecule has 3 rings (SSSR count). The summed E-state index contributed by atoms with van der Waals surface area (Å²) < 4.78 is 43.8. The zero-order valence-electron chi connectivity index (χ0n) is 16.9. The summed E-state index contributed by atoms with van der Waals surface area (Å²) in [7, 11) is 1.32. The number of H-pyrrole nitrogens is 1. The molecule has 2 aromatic heterocycles. The van der Waals surface area contributed by atoms with Gasteiger partial charge in [0.2, 0.25) is 0 Å². The number of nitrogens with one attached hydrogen (secondary N) is 3. The Balaban J connectivity index is 1.80. The number of carbonyl (C=O) groups excluding carboxylic acids is 2. The molecule has 31 heavy (non-hydrogen) atoms. The molecule has 1 aliphatic rings. The first-order chi connectivity index (χ1) is 14.3. The van der Waals surface area contributed by atoms with Gasteiger partial charge in [0.05, 0.1) is 18.8 Å². The minimum absolute atomic E-state index is 0.130. The minimum atomic E-state index is -4.75. The van der Waals surface area contributed by atoms with E-state index < -0.39 is 34.1 Å². The molecule has 1 aliphatic heterocycles. The van der Waals surface area contributed by atoms with E-state index >= 15 is 0 Å². The number of aromatic nitrogens is 4. The second-order valence-electron chi connectivity index (χ2n) is 7.63. The van der Waals surface area contributed by atoms with Crippen molar-refractivity contribution < 1.29 is 27.5 Å². The summed E-state index contributed by atoms with van der Waals surface area (Å²) >= 11 is 2.71. The van der Waals surface area contributed by atoms with Crippen molar-refractivity contribution in [3.8, 4) is 0 Å². The third kappa shape index (κ3) is 4.89. The van der Waals surface area contributed by atoms with E-state index in [2.05, 4.69) is 46.7 Å². The van der Waals surface area contributed by atoms with Crippen molar-refractivity contribution in [2.24, 2.45) is 0 Å². The van der Waals surface area contributed by atoms with E-state index in [1.165, 1.54) is 11.9 Å². The second-order valence-corrected chi connectivity index (χ2v) is 8.38. The number of hydrogen-bond acceptors (Lipinski definition) is 7. The van der Waals surface area contributed by atoms with Gasteiger partial charge < -0.3 is 15.4 Å². The normalized spacial score (nSPS) is 13.7. The van der Waals surface area contributed by atoms with E-state index in [1.807, 2.05) is 0 Å². The lowest BCUT2D eigenvalue weighted by molar-refractivity contribution is -0.142. The number of rotatable bonds is 3. The van der Waals surface area contributed by atoms with Crippen LogP contribution in [0, 0.1) is 0 Å². The Bertz CT molecular complexity index is 1030. The first-order valence-electron chi connectivity index (χ1n) is 8.98. The summed E-state index contributed by atoms with van der Waals surface area (Å²) in [4.78, 5) is 33.6. The smallest absolute Gasteiger partial charge is 0.436 e. The highest BCUT2D eigenvalue weighted by atomic mass is 79.9. The maximum Gasteiger partial charge on any atom is 0.436 e. The highest BCUT2D eigenvalue weighted by Crippen LogP contribution is 2.34. The third-order valence-corrected chi connectivity index (χ3v) is 4.66. The van der Waals surface area contributed by atoms with Gasteiger partial charge in [-0.15, -0.1) is 0 Å². The molecule has 0 radical (unpaired) electrons. The lowest BCUT2D eigenvalue weighted by atomic mass is 10.2. The van der Waals surface area contributed by atoms with Gasteiger partial charge in [0, 0.05) is 12.6 Å². The summed E-state index contributed by atoms with van der Waals surface area (Å²) in [6.07, 6.45) is -5.27. The Labute approximate surface area is 183 Å². The number of halogens is 4. The van der Waals surface area contributed by atoms with Crippen molar-refractivity contribution >= 4 is 39.6 Å². The molecule has 2 aromatic rings. The second kappa shape index (κ2) is 7.98. The van der Waals surface area contributed by atoms with E-state index in [1.54, 1.807) is 20.8 Å². The fourth-order valence-corrected chi connectivity index (χ4v) is 3.28. The monoisotopic (exact) mass is 505 g/mol. The van der Waals surface area contributed by atoms with Crippen molar-refractivity contribution in [1.29, 1.82) is 0 Å². The van der Waals surface area contributed by atoms with Crippen molar-refractivity contribution in [1.82, 2.24) is 25.1 Å². The number of carbonyl (C=O) groups is 2. The number of fused-ring (bicyclic) bond motifs is 1.